The highest BCUT2D eigenvalue weighted by Gasteiger charge is 2.34. The van der Waals surface area contributed by atoms with Crippen LogP contribution in [0.4, 0.5) is 0 Å². The lowest BCUT2D eigenvalue weighted by Gasteiger charge is -2.36. The van der Waals surface area contributed by atoms with Gasteiger partial charge in [0.25, 0.3) is 0 Å². The van der Waals surface area contributed by atoms with Crippen molar-refractivity contribution in [3.05, 3.63) is 35.4 Å². The quantitative estimate of drug-likeness (QED) is 0.540. The van der Waals surface area contributed by atoms with Gasteiger partial charge in [-0.05, 0) is 51.5 Å². The number of hydrogen-bond donors (Lipinski definition) is 3. The van der Waals surface area contributed by atoms with Gasteiger partial charge in [-0.2, -0.15) is 0 Å². The third kappa shape index (κ3) is 5.45. The number of aliphatic imine (C=N–C) groups is 1. The van der Waals surface area contributed by atoms with Crippen LogP contribution in [-0.4, -0.2) is 53.8 Å². The Labute approximate surface area is 157 Å². The monoisotopic (exact) mass is 358 g/mol. The standard InChI is InChI=1S/C21H34N4O/c1-3-22-20(23-16-21(26)10-5-11-21)24-19-8-12-25(13-9-19)15-18-7-4-6-17(2)14-18/h4,6-7,14,19,26H,3,5,8-13,15-16H2,1-2H3,(H2,22,23,24). The van der Waals surface area contributed by atoms with Crippen LogP contribution in [-0.2, 0) is 6.54 Å². The van der Waals surface area contributed by atoms with Gasteiger partial charge in [0.2, 0.25) is 0 Å². The van der Waals surface area contributed by atoms with E-state index in [-0.39, 0.29) is 0 Å². The van der Waals surface area contributed by atoms with Crippen LogP contribution in [0.25, 0.3) is 0 Å². The molecule has 1 saturated heterocycles. The van der Waals surface area contributed by atoms with E-state index in [4.69, 9.17) is 0 Å². The van der Waals surface area contributed by atoms with Crippen molar-refractivity contribution in [1.82, 2.24) is 15.5 Å². The Morgan fingerprint density at radius 3 is 2.69 bits per heavy atom. The molecule has 2 fully saturated rings. The average molecular weight is 359 g/mol. The molecular formula is C21H34N4O. The number of likely N-dealkylation sites (tertiary alicyclic amines) is 1. The van der Waals surface area contributed by atoms with E-state index in [1.54, 1.807) is 0 Å². The highest BCUT2D eigenvalue weighted by atomic mass is 16.3. The van der Waals surface area contributed by atoms with Crippen molar-refractivity contribution in [2.45, 2.75) is 64.1 Å². The summed E-state index contributed by atoms with van der Waals surface area (Å²) in [4.78, 5) is 7.16. The van der Waals surface area contributed by atoms with Gasteiger partial charge in [-0.3, -0.25) is 9.89 Å². The Kier molecular flexibility index (Phi) is 6.54. The predicted molar refractivity (Wildman–Crippen MR) is 107 cm³/mol. The summed E-state index contributed by atoms with van der Waals surface area (Å²) in [6.45, 7) is 8.84. The first kappa shape index (κ1) is 19.2. The first-order chi connectivity index (χ1) is 12.6. The van der Waals surface area contributed by atoms with Gasteiger partial charge in [-0.1, -0.05) is 29.8 Å². The zero-order valence-corrected chi connectivity index (χ0v) is 16.3. The molecule has 1 aromatic rings. The normalized spacial score (nSPS) is 21.3. The Hall–Kier alpha value is -1.59. The molecule has 0 atom stereocenters. The average Bonchev–Trinajstić information content (AvgIpc) is 2.60. The molecular weight excluding hydrogens is 324 g/mol. The molecule has 0 spiro atoms. The van der Waals surface area contributed by atoms with Gasteiger partial charge in [0, 0.05) is 32.2 Å². The summed E-state index contributed by atoms with van der Waals surface area (Å²) in [5.41, 5.74) is 2.18. The first-order valence-electron chi connectivity index (χ1n) is 10.1. The largest absolute Gasteiger partial charge is 0.388 e. The van der Waals surface area contributed by atoms with Crippen LogP contribution in [0.2, 0.25) is 0 Å². The number of hydrogen-bond acceptors (Lipinski definition) is 3. The number of piperidine rings is 1. The van der Waals surface area contributed by atoms with Crippen molar-refractivity contribution in [3.8, 4) is 0 Å². The first-order valence-corrected chi connectivity index (χ1v) is 10.1. The maximum atomic E-state index is 10.3. The molecule has 1 aliphatic carbocycles. The summed E-state index contributed by atoms with van der Waals surface area (Å²) in [6, 6.07) is 9.26. The molecule has 1 aliphatic heterocycles. The molecule has 0 aromatic heterocycles. The third-order valence-corrected chi connectivity index (χ3v) is 5.58. The lowest BCUT2D eigenvalue weighted by Crippen LogP contribution is -2.49. The lowest BCUT2D eigenvalue weighted by molar-refractivity contribution is -0.0236. The second kappa shape index (κ2) is 8.87. The molecule has 0 unspecified atom stereocenters. The second-order valence-corrected chi connectivity index (χ2v) is 7.96. The SMILES string of the molecule is CCNC(=NCC1(O)CCC1)NC1CCN(Cc2cccc(C)c2)CC1. The number of benzene rings is 1. The van der Waals surface area contributed by atoms with Crippen LogP contribution in [0.1, 0.15) is 50.2 Å². The number of guanidine groups is 1. The molecule has 2 aliphatic rings. The Bertz CT molecular complexity index is 604. The molecule has 3 rings (SSSR count). The fourth-order valence-corrected chi connectivity index (χ4v) is 3.79. The van der Waals surface area contributed by atoms with E-state index in [1.807, 2.05) is 0 Å². The molecule has 1 heterocycles. The number of rotatable bonds is 6. The zero-order chi connectivity index (χ0) is 18.4. The summed E-state index contributed by atoms with van der Waals surface area (Å²) in [5.74, 6) is 0.852. The molecule has 0 bridgehead atoms. The van der Waals surface area contributed by atoms with E-state index in [0.717, 1.165) is 64.2 Å². The minimum absolute atomic E-state index is 0.456. The minimum atomic E-state index is -0.556. The topological polar surface area (TPSA) is 59.9 Å². The third-order valence-electron chi connectivity index (χ3n) is 5.58. The summed E-state index contributed by atoms with van der Waals surface area (Å²) in [5, 5.41) is 17.2. The molecule has 5 nitrogen and oxygen atoms in total. The molecule has 1 saturated carbocycles. The molecule has 0 radical (unpaired) electrons. The van der Waals surface area contributed by atoms with Gasteiger partial charge in [0.1, 0.15) is 0 Å². The molecule has 26 heavy (non-hydrogen) atoms. The van der Waals surface area contributed by atoms with Crippen molar-refractivity contribution in [1.29, 1.82) is 0 Å². The van der Waals surface area contributed by atoms with Crippen LogP contribution >= 0.6 is 0 Å². The van der Waals surface area contributed by atoms with Crippen molar-refractivity contribution in [2.75, 3.05) is 26.2 Å². The summed E-state index contributed by atoms with van der Waals surface area (Å²) in [6.07, 6.45) is 5.14. The maximum absolute atomic E-state index is 10.3. The number of aryl methyl sites for hydroxylation is 1. The van der Waals surface area contributed by atoms with Gasteiger partial charge < -0.3 is 15.7 Å². The van der Waals surface area contributed by atoms with E-state index < -0.39 is 5.60 Å². The molecule has 1 aromatic carbocycles. The van der Waals surface area contributed by atoms with Gasteiger partial charge in [-0.25, -0.2) is 0 Å². The minimum Gasteiger partial charge on any atom is -0.388 e. The van der Waals surface area contributed by atoms with Crippen LogP contribution in [0, 0.1) is 6.92 Å². The molecule has 0 amide bonds. The maximum Gasteiger partial charge on any atom is 0.191 e. The van der Waals surface area contributed by atoms with E-state index >= 15 is 0 Å². The summed E-state index contributed by atoms with van der Waals surface area (Å²) in [7, 11) is 0. The van der Waals surface area contributed by atoms with Gasteiger partial charge in [-0.15, -0.1) is 0 Å². The molecule has 3 N–H and O–H groups in total. The number of nitrogens with one attached hydrogen (secondary N) is 2. The Balaban J connectivity index is 1.46. The number of aliphatic hydroxyl groups is 1. The van der Waals surface area contributed by atoms with Gasteiger partial charge in [0.05, 0.1) is 12.1 Å². The highest BCUT2D eigenvalue weighted by molar-refractivity contribution is 5.80. The zero-order valence-electron chi connectivity index (χ0n) is 16.3. The Morgan fingerprint density at radius 1 is 1.31 bits per heavy atom. The highest BCUT2D eigenvalue weighted by Crippen LogP contribution is 2.31. The lowest BCUT2D eigenvalue weighted by atomic mass is 9.80. The molecule has 144 valence electrons. The smallest absolute Gasteiger partial charge is 0.191 e. The second-order valence-electron chi connectivity index (χ2n) is 7.96. The van der Waals surface area contributed by atoms with Crippen molar-refractivity contribution < 1.29 is 5.11 Å². The fraction of sp³-hybridized carbons (Fsp3) is 0.667. The Morgan fingerprint density at radius 2 is 2.08 bits per heavy atom. The summed E-state index contributed by atoms with van der Waals surface area (Å²) < 4.78 is 0. The fourth-order valence-electron chi connectivity index (χ4n) is 3.79. The van der Waals surface area contributed by atoms with Crippen LogP contribution < -0.4 is 10.6 Å². The van der Waals surface area contributed by atoms with Crippen molar-refractivity contribution in [2.24, 2.45) is 4.99 Å². The van der Waals surface area contributed by atoms with Crippen LogP contribution in [0.15, 0.2) is 29.3 Å². The van der Waals surface area contributed by atoms with Gasteiger partial charge in [0.15, 0.2) is 5.96 Å². The van der Waals surface area contributed by atoms with Crippen LogP contribution in [0.3, 0.4) is 0 Å². The predicted octanol–water partition coefficient (Wildman–Crippen LogP) is 2.43. The van der Waals surface area contributed by atoms with E-state index in [9.17, 15) is 5.11 Å². The van der Waals surface area contributed by atoms with Gasteiger partial charge >= 0.3 is 0 Å². The van der Waals surface area contributed by atoms with Crippen molar-refractivity contribution >= 4 is 5.96 Å². The summed E-state index contributed by atoms with van der Waals surface area (Å²) >= 11 is 0. The van der Waals surface area contributed by atoms with E-state index in [1.165, 1.54) is 11.1 Å². The van der Waals surface area contributed by atoms with E-state index in [0.29, 0.717) is 12.6 Å². The van der Waals surface area contributed by atoms with Crippen molar-refractivity contribution in [3.63, 3.8) is 0 Å². The molecule has 5 heteroatoms. The van der Waals surface area contributed by atoms with E-state index in [2.05, 4.69) is 58.6 Å². The van der Waals surface area contributed by atoms with Crippen LogP contribution in [0.5, 0.6) is 0 Å². The number of nitrogens with zero attached hydrogens (tertiary/aromatic N) is 2.